The molecule has 1 fully saturated rings. The number of carboxylic acid groups (broad SMARTS) is 3. The first-order chi connectivity index (χ1) is 13.3. The molecule has 0 amide bonds. The molecule has 1 saturated carbocycles. The van der Waals surface area contributed by atoms with Crippen molar-refractivity contribution >= 4 is 17.9 Å². The summed E-state index contributed by atoms with van der Waals surface area (Å²) in [4.78, 5) is 37.0. The van der Waals surface area contributed by atoms with Crippen LogP contribution in [-0.4, -0.2) is 33.2 Å². The van der Waals surface area contributed by atoms with E-state index >= 15 is 0 Å². The molecule has 6 nitrogen and oxygen atoms in total. The Balaban J connectivity index is 2.53. The molecule has 3 unspecified atom stereocenters. The Morgan fingerprint density at radius 3 is 2.04 bits per heavy atom. The molecule has 3 atom stereocenters. The van der Waals surface area contributed by atoms with E-state index in [9.17, 15) is 29.7 Å². The lowest BCUT2D eigenvalue weighted by Crippen LogP contribution is -2.57. The molecule has 3 N–H and O–H groups in total. The molecule has 1 aliphatic carbocycles. The number of hydrogen-bond acceptors (Lipinski definition) is 3. The van der Waals surface area contributed by atoms with E-state index in [0.717, 1.165) is 12.0 Å². The lowest BCUT2D eigenvalue weighted by molar-refractivity contribution is -0.183. The van der Waals surface area contributed by atoms with Crippen LogP contribution in [0.15, 0.2) is 30.3 Å². The van der Waals surface area contributed by atoms with Crippen molar-refractivity contribution in [1.29, 1.82) is 0 Å². The number of benzene rings is 1. The van der Waals surface area contributed by atoms with Crippen LogP contribution in [0, 0.1) is 16.7 Å². The van der Waals surface area contributed by atoms with Gasteiger partial charge in [0.25, 0.3) is 0 Å². The lowest BCUT2D eigenvalue weighted by atomic mass is 9.51. The number of unbranched alkanes of at least 4 members (excludes halogenated alkanes) is 1. The van der Waals surface area contributed by atoms with Gasteiger partial charge < -0.3 is 15.3 Å². The third kappa shape index (κ3) is 4.21. The summed E-state index contributed by atoms with van der Waals surface area (Å²) in [6.07, 6.45) is 3.44. The van der Waals surface area contributed by atoms with Crippen LogP contribution in [0.25, 0.3) is 0 Å². The Morgan fingerprint density at radius 1 is 0.964 bits per heavy atom. The highest BCUT2D eigenvalue weighted by molar-refractivity contribution is 5.88. The largest absolute Gasteiger partial charge is 0.481 e. The Kier molecular flexibility index (Phi) is 7.22. The standard InChI is InChI=1S/C22H30O6/c1-2-3-11-17(18(23)24)15-22(20(27)28)13-8-7-12-21(22,19(25)26)14-16-9-5-4-6-10-16/h4-6,9-10,17H,2-3,7-8,11-15H2,1H3,(H,23,24)(H,25,26)(H,27,28). The maximum atomic E-state index is 12.6. The van der Waals surface area contributed by atoms with Crippen LogP contribution >= 0.6 is 0 Å². The Morgan fingerprint density at radius 2 is 1.54 bits per heavy atom. The van der Waals surface area contributed by atoms with Gasteiger partial charge in [0.2, 0.25) is 0 Å². The molecule has 28 heavy (non-hydrogen) atoms. The highest BCUT2D eigenvalue weighted by atomic mass is 16.4. The minimum Gasteiger partial charge on any atom is -0.481 e. The molecule has 0 spiro atoms. The summed E-state index contributed by atoms with van der Waals surface area (Å²) >= 11 is 0. The molecule has 154 valence electrons. The van der Waals surface area contributed by atoms with Gasteiger partial charge in [0, 0.05) is 0 Å². The van der Waals surface area contributed by atoms with E-state index in [-0.39, 0.29) is 25.7 Å². The maximum Gasteiger partial charge on any atom is 0.311 e. The summed E-state index contributed by atoms with van der Waals surface area (Å²) < 4.78 is 0. The van der Waals surface area contributed by atoms with Crippen molar-refractivity contribution in [3.8, 4) is 0 Å². The fourth-order valence-electron chi connectivity index (χ4n) is 4.80. The third-order valence-electron chi connectivity index (χ3n) is 6.39. The van der Waals surface area contributed by atoms with E-state index in [1.54, 1.807) is 24.3 Å². The van der Waals surface area contributed by atoms with Crippen LogP contribution in [-0.2, 0) is 20.8 Å². The number of aliphatic carboxylic acids is 3. The van der Waals surface area contributed by atoms with Gasteiger partial charge in [-0.15, -0.1) is 0 Å². The van der Waals surface area contributed by atoms with Gasteiger partial charge in [-0.1, -0.05) is 62.9 Å². The average molecular weight is 390 g/mol. The normalized spacial score (nSPS) is 25.8. The van der Waals surface area contributed by atoms with E-state index in [0.29, 0.717) is 25.7 Å². The molecule has 0 radical (unpaired) electrons. The summed E-state index contributed by atoms with van der Waals surface area (Å²) in [5.41, 5.74) is -2.35. The number of carbonyl (C=O) groups is 3. The maximum absolute atomic E-state index is 12.6. The van der Waals surface area contributed by atoms with Crippen molar-refractivity contribution in [3.63, 3.8) is 0 Å². The highest BCUT2D eigenvalue weighted by Gasteiger charge is 2.62. The van der Waals surface area contributed by atoms with E-state index in [4.69, 9.17) is 0 Å². The minimum absolute atomic E-state index is 0.0928. The van der Waals surface area contributed by atoms with Crippen LogP contribution in [0.5, 0.6) is 0 Å². The van der Waals surface area contributed by atoms with E-state index in [1.807, 2.05) is 13.0 Å². The van der Waals surface area contributed by atoms with Gasteiger partial charge in [-0.2, -0.15) is 0 Å². The van der Waals surface area contributed by atoms with Crippen molar-refractivity contribution in [2.24, 2.45) is 16.7 Å². The molecule has 0 saturated heterocycles. The highest BCUT2D eigenvalue weighted by Crippen LogP contribution is 2.56. The van der Waals surface area contributed by atoms with Gasteiger partial charge in [0.1, 0.15) is 0 Å². The fourth-order valence-corrected chi connectivity index (χ4v) is 4.80. The minimum atomic E-state index is -1.59. The zero-order valence-electron chi connectivity index (χ0n) is 16.4. The average Bonchev–Trinajstić information content (AvgIpc) is 2.66. The van der Waals surface area contributed by atoms with Crippen molar-refractivity contribution in [3.05, 3.63) is 35.9 Å². The summed E-state index contributed by atoms with van der Waals surface area (Å²) in [6, 6.07) is 9.04. The van der Waals surface area contributed by atoms with Crippen molar-refractivity contribution in [2.75, 3.05) is 0 Å². The first-order valence-corrected chi connectivity index (χ1v) is 10.0. The van der Waals surface area contributed by atoms with Crippen LogP contribution in [0.2, 0.25) is 0 Å². The number of rotatable bonds is 10. The van der Waals surface area contributed by atoms with Crippen molar-refractivity contribution < 1.29 is 29.7 Å². The van der Waals surface area contributed by atoms with Gasteiger partial charge in [-0.05, 0) is 37.7 Å². The second kappa shape index (κ2) is 9.22. The van der Waals surface area contributed by atoms with Gasteiger partial charge in [-0.25, -0.2) is 0 Å². The fraction of sp³-hybridized carbons (Fsp3) is 0.591. The zero-order chi connectivity index (χ0) is 20.8. The van der Waals surface area contributed by atoms with Crippen LogP contribution in [0.3, 0.4) is 0 Å². The predicted molar refractivity (Wildman–Crippen MR) is 104 cm³/mol. The van der Waals surface area contributed by atoms with Gasteiger partial charge in [0.15, 0.2) is 0 Å². The molecule has 1 aromatic rings. The molecular weight excluding hydrogens is 360 g/mol. The van der Waals surface area contributed by atoms with Gasteiger partial charge in [-0.3, -0.25) is 14.4 Å². The molecule has 0 aliphatic heterocycles. The Hall–Kier alpha value is -2.37. The quantitative estimate of drug-likeness (QED) is 0.551. The molecule has 1 aromatic carbocycles. The molecule has 0 bridgehead atoms. The molecule has 2 rings (SSSR count). The first kappa shape index (κ1) is 21.9. The smallest absolute Gasteiger partial charge is 0.311 e. The molecule has 6 heteroatoms. The summed E-state index contributed by atoms with van der Waals surface area (Å²) in [6.45, 7) is 1.95. The van der Waals surface area contributed by atoms with Crippen LogP contribution < -0.4 is 0 Å². The van der Waals surface area contributed by atoms with Gasteiger partial charge >= 0.3 is 17.9 Å². The molecule has 0 aromatic heterocycles. The summed E-state index contributed by atoms with van der Waals surface area (Å²) in [5, 5.41) is 30.2. The Bertz CT molecular complexity index is 700. The SMILES string of the molecule is CCCCC(CC1(C(=O)O)CCCCC1(Cc1ccccc1)C(=O)O)C(=O)O. The predicted octanol–water partition coefficient (Wildman–Crippen LogP) is 4.23. The van der Waals surface area contributed by atoms with Gasteiger partial charge in [0.05, 0.1) is 16.7 Å². The second-order valence-electron chi connectivity index (χ2n) is 8.03. The Labute approximate surface area is 165 Å². The van der Waals surface area contributed by atoms with E-state index < -0.39 is 34.7 Å². The number of hydrogen-bond donors (Lipinski definition) is 3. The van der Waals surface area contributed by atoms with Crippen molar-refractivity contribution in [1.82, 2.24) is 0 Å². The topological polar surface area (TPSA) is 112 Å². The molecule has 1 aliphatic rings. The molecular formula is C22H30O6. The summed E-state index contributed by atoms with van der Waals surface area (Å²) in [7, 11) is 0. The third-order valence-corrected chi connectivity index (χ3v) is 6.39. The van der Waals surface area contributed by atoms with Crippen LogP contribution in [0.1, 0.15) is 63.9 Å². The first-order valence-electron chi connectivity index (χ1n) is 10.0. The lowest BCUT2D eigenvalue weighted by Gasteiger charge is -2.49. The van der Waals surface area contributed by atoms with Crippen molar-refractivity contribution in [2.45, 2.75) is 64.7 Å². The zero-order valence-corrected chi connectivity index (χ0v) is 16.4. The van der Waals surface area contributed by atoms with E-state index in [2.05, 4.69) is 0 Å². The molecule has 0 heterocycles. The second-order valence-corrected chi connectivity index (χ2v) is 8.03. The number of carboxylic acids is 3. The monoisotopic (exact) mass is 390 g/mol. The van der Waals surface area contributed by atoms with Crippen LogP contribution in [0.4, 0.5) is 0 Å². The summed E-state index contributed by atoms with van der Waals surface area (Å²) in [5.74, 6) is -4.23. The van der Waals surface area contributed by atoms with E-state index in [1.165, 1.54) is 0 Å².